The fourth-order valence-electron chi connectivity index (χ4n) is 2.65. The molecule has 31 heavy (non-hydrogen) atoms. The highest BCUT2D eigenvalue weighted by Crippen LogP contribution is 2.26. The summed E-state index contributed by atoms with van der Waals surface area (Å²) in [5.41, 5.74) is 7.71. The number of nitrogens with two attached hydrogens (primary N) is 1. The number of esters is 1. The number of aliphatic carboxylic acids is 2. The number of hydrogen-bond donors (Lipinski definition) is 5. The van der Waals surface area contributed by atoms with Gasteiger partial charge < -0.3 is 30.9 Å². The molecule has 0 saturated heterocycles. The zero-order valence-electron chi connectivity index (χ0n) is 17.3. The van der Waals surface area contributed by atoms with Crippen molar-refractivity contribution in [2.45, 2.75) is 57.5 Å². The topological polar surface area (TPSA) is 188 Å². The Labute approximate surface area is 179 Å². The van der Waals surface area contributed by atoms with Crippen LogP contribution in [-0.4, -0.2) is 75.1 Å². The maximum atomic E-state index is 12.4. The van der Waals surface area contributed by atoms with E-state index in [1.807, 2.05) is 38.1 Å². The lowest BCUT2D eigenvalue weighted by Crippen LogP contribution is -2.45. The van der Waals surface area contributed by atoms with E-state index in [2.05, 4.69) is 0 Å². The van der Waals surface area contributed by atoms with Gasteiger partial charge >= 0.3 is 17.9 Å². The highest BCUT2D eigenvalue weighted by atomic mass is 16.5. The number of hydrogen-bond acceptors (Lipinski definition) is 8. The number of aliphatic hydroxyl groups is 2. The first-order chi connectivity index (χ1) is 14.5. The largest absolute Gasteiger partial charge is 0.479 e. The summed E-state index contributed by atoms with van der Waals surface area (Å²) in [7, 11) is 0. The number of rotatable bonds is 7. The molecule has 1 heterocycles. The summed E-state index contributed by atoms with van der Waals surface area (Å²) in [6, 6.07) is 7.02. The number of nitrogens with zero attached hydrogens (tertiary/aromatic N) is 1. The molecule has 1 aromatic rings. The maximum Gasteiger partial charge on any atom is 0.335 e. The number of carboxylic acids is 2. The van der Waals surface area contributed by atoms with E-state index in [1.165, 1.54) is 4.90 Å². The number of anilines is 1. The van der Waals surface area contributed by atoms with Crippen LogP contribution in [-0.2, 0) is 30.3 Å². The summed E-state index contributed by atoms with van der Waals surface area (Å²) < 4.78 is 5.27. The summed E-state index contributed by atoms with van der Waals surface area (Å²) in [5, 5.41) is 32.5. The molecule has 11 heteroatoms. The number of ether oxygens (including phenoxy) is 1. The molecule has 0 aliphatic carbocycles. The molecule has 172 valence electrons. The van der Waals surface area contributed by atoms with Crippen molar-refractivity contribution < 1.29 is 44.3 Å². The molecule has 2 rings (SSSR count). The van der Waals surface area contributed by atoms with Crippen LogP contribution in [0.4, 0.5) is 5.69 Å². The van der Waals surface area contributed by atoms with Crippen LogP contribution in [0, 0.1) is 0 Å². The van der Waals surface area contributed by atoms with Crippen molar-refractivity contribution in [1.82, 2.24) is 0 Å². The van der Waals surface area contributed by atoms with Crippen LogP contribution in [0.5, 0.6) is 0 Å². The summed E-state index contributed by atoms with van der Waals surface area (Å²) in [5.74, 6) is -4.16. The fourth-order valence-corrected chi connectivity index (χ4v) is 2.65. The number of para-hydroxylation sites is 1. The third-order valence-corrected chi connectivity index (χ3v) is 4.59. The van der Waals surface area contributed by atoms with Crippen LogP contribution < -0.4 is 10.6 Å². The fraction of sp³-hybridized carbons (Fsp3) is 0.500. The summed E-state index contributed by atoms with van der Waals surface area (Å²) >= 11 is 0. The second-order valence-corrected chi connectivity index (χ2v) is 6.97. The van der Waals surface area contributed by atoms with Crippen LogP contribution in [0.3, 0.4) is 0 Å². The average molecular weight is 440 g/mol. The molecule has 1 aliphatic rings. The van der Waals surface area contributed by atoms with E-state index in [4.69, 9.17) is 30.9 Å². The minimum atomic E-state index is -2.27. The Morgan fingerprint density at radius 2 is 1.71 bits per heavy atom. The Morgan fingerprint density at radius 1 is 1.16 bits per heavy atom. The van der Waals surface area contributed by atoms with Crippen molar-refractivity contribution in [1.29, 1.82) is 0 Å². The Morgan fingerprint density at radius 3 is 2.23 bits per heavy atom. The molecule has 11 nitrogen and oxygen atoms in total. The van der Waals surface area contributed by atoms with Gasteiger partial charge in [-0.1, -0.05) is 25.1 Å². The Balaban J connectivity index is 0.000000407. The van der Waals surface area contributed by atoms with Crippen molar-refractivity contribution in [2.24, 2.45) is 5.73 Å². The number of aryl methyl sites for hydroxylation is 1. The smallest absolute Gasteiger partial charge is 0.335 e. The third kappa shape index (κ3) is 7.63. The Kier molecular flexibility index (Phi) is 10.1. The highest BCUT2D eigenvalue weighted by Gasteiger charge is 2.30. The first kappa shape index (κ1) is 26.0. The van der Waals surface area contributed by atoms with Crippen molar-refractivity contribution in [3.8, 4) is 0 Å². The van der Waals surface area contributed by atoms with Gasteiger partial charge in [0.25, 0.3) is 0 Å². The van der Waals surface area contributed by atoms with E-state index in [0.717, 1.165) is 24.1 Å². The molecular weight excluding hydrogens is 412 g/mol. The van der Waals surface area contributed by atoms with Gasteiger partial charge in [0.1, 0.15) is 6.54 Å². The predicted octanol–water partition coefficient (Wildman–Crippen LogP) is -0.488. The quantitative estimate of drug-likeness (QED) is 0.346. The lowest BCUT2D eigenvalue weighted by Gasteiger charge is -2.24. The predicted molar refractivity (Wildman–Crippen MR) is 108 cm³/mol. The molecule has 1 aromatic carbocycles. The Hall–Kier alpha value is -3.02. The number of carboxylic acid groups (broad SMARTS) is 2. The molecule has 0 fully saturated rings. The van der Waals surface area contributed by atoms with Crippen molar-refractivity contribution >= 4 is 29.5 Å². The number of aliphatic hydroxyl groups excluding tert-OH is 2. The van der Waals surface area contributed by atoms with Gasteiger partial charge in [0, 0.05) is 5.69 Å². The van der Waals surface area contributed by atoms with Gasteiger partial charge in [-0.2, -0.15) is 0 Å². The second-order valence-electron chi connectivity index (χ2n) is 6.97. The third-order valence-electron chi connectivity index (χ3n) is 4.59. The molecule has 0 bridgehead atoms. The molecule has 6 N–H and O–H groups in total. The van der Waals surface area contributed by atoms with Crippen molar-refractivity contribution in [3.63, 3.8) is 0 Å². The molecule has 0 saturated carbocycles. The normalized spacial score (nSPS) is 18.4. The molecule has 1 amide bonds. The van der Waals surface area contributed by atoms with Crippen molar-refractivity contribution in [2.75, 3.05) is 11.4 Å². The van der Waals surface area contributed by atoms with E-state index in [-0.39, 0.29) is 18.6 Å². The number of carbonyl (C=O) groups excluding carboxylic acids is 2. The molecular formula is C20H28N2O9. The van der Waals surface area contributed by atoms with Crippen LogP contribution >= 0.6 is 0 Å². The van der Waals surface area contributed by atoms with E-state index < -0.39 is 36.2 Å². The number of amides is 1. The standard InChI is InChI=1S/C16H22N2O3.C4H6O6/c1-3-11(2)21-15(19)10-18-14-7-5-4-6-12(14)8-9-13(17)16(18)20;5-1(3(7)8)2(6)4(9)10/h4-7,11,13H,3,8-10,17H2,1-2H3;1-2,5-6H,(H,7,8)(H,9,10)/t11?,13-;1-,2?/m01/s1. The van der Waals surface area contributed by atoms with Gasteiger partial charge in [0.2, 0.25) is 5.91 Å². The Bertz CT molecular complexity index is 781. The lowest BCUT2D eigenvalue weighted by atomic mass is 10.1. The molecule has 2 unspecified atom stereocenters. The van der Waals surface area contributed by atoms with Gasteiger partial charge in [-0.25, -0.2) is 9.59 Å². The van der Waals surface area contributed by atoms with Crippen molar-refractivity contribution in [3.05, 3.63) is 29.8 Å². The van der Waals surface area contributed by atoms with E-state index in [1.54, 1.807) is 0 Å². The number of fused-ring (bicyclic) bond motifs is 1. The molecule has 1 aliphatic heterocycles. The molecule has 0 aromatic heterocycles. The zero-order chi connectivity index (χ0) is 23.7. The van der Waals surface area contributed by atoms with Gasteiger partial charge in [0.15, 0.2) is 12.2 Å². The van der Waals surface area contributed by atoms with Gasteiger partial charge in [-0.05, 0) is 37.8 Å². The van der Waals surface area contributed by atoms with Gasteiger partial charge in [0.05, 0.1) is 12.1 Å². The minimum Gasteiger partial charge on any atom is -0.479 e. The highest BCUT2D eigenvalue weighted by molar-refractivity contribution is 6.01. The van der Waals surface area contributed by atoms with Crippen LogP contribution in [0.2, 0.25) is 0 Å². The van der Waals surface area contributed by atoms with Crippen LogP contribution in [0.15, 0.2) is 24.3 Å². The minimum absolute atomic E-state index is 0.0894. The summed E-state index contributed by atoms with van der Waals surface area (Å²) in [6.07, 6.45) is -2.61. The van der Waals surface area contributed by atoms with Gasteiger partial charge in [-0.15, -0.1) is 0 Å². The van der Waals surface area contributed by atoms with Crippen LogP contribution in [0.25, 0.3) is 0 Å². The lowest BCUT2D eigenvalue weighted by molar-refractivity contribution is -0.165. The maximum absolute atomic E-state index is 12.4. The summed E-state index contributed by atoms with van der Waals surface area (Å²) in [6.45, 7) is 3.69. The van der Waals surface area contributed by atoms with E-state index in [9.17, 15) is 19.2 Å². The number of carbonyl (C=O) groups is 4. The van der Waals surface area contributed by atoms with Gasteiger partial charge in [-0.3, -0.25) is 14.5 Å². The van der Waals surface area contributed by atoms with Crippen LogP contribution in [0.1, 0.15) is 32.3 Å². The first-order valence-corrected chi connectivity index (χ1v) is 9.65. The van der Waals surface area contributed by atoms with E-state index >= 15 is 0 Å². The SMILES string of the molecule is CCC(C)OC(=O)CN1C(=O)[C@@H](N)CCc2ccccc21.O=C(O)C(O)[C@@H](O)C(=O)O. The molecule has 0 spiro atoms. The molecule has 4 atom stereocenters. The first-order valence-electron chi connectivity index (χ1n) is 9.65. The zero-order valence-corrected chi connectivity index (χ0v) is 17.3. The number of benzene rings is 1. The monoisotopic (exact) mass is 440 g/mol. The summed E-state index contributed by atoms with van der Waals surface area (Å²) in [4.78, 5) is 45.4. The van der Waals surface area contributed by atoms with E-state index in [0.29, 0.717) is 6.42 Å². The molecule has 0 radical (unpaired) electrons. The average Bonchev–Trinajstić information content (AvgIpc) is 2.85. The second kappa shape index (κ2) is 12.0.